The largest absolute Gasteiger partial charge is 0.481 e. The van der Waals surface area contributed by atoms with E-state index in [9.17, 15) is 48.3 Å². The Morgan fingerprint density at radius 1 is 0.645 bits per heavy atom. The van der Waals surface area contributed by atoms with Gasteiger partial charge >= 0.3 is 5.97 Å². The van der Waals surface area contributed by atoms with Gasteiger partial charge in [0.05, 0.1) is 25.0 Å². The average Bonchev–Trinajstić information content (AvgIpc) is 3.22. The fourth-order valence-electron chi connectivity index (χ4n) is 6.07. The second kappa shape index (κ2) is 27.2. The van der Waals surface area contributed by atoms with Gasteiger partial charge in [-0.1, -0.05) is 88.4 Å². The number of hydrogen-bond acceptors (Lipinski definition) is 11. The molecule has 0 spiro atoms. The van der Waals surface area contributed by atoms with Gasteiger partial charge in [0, 0.05) is 12.8 Å². The number of carbonyl (C=O) groups excluding carboxylic acids is 8. The molecule has 0 aliphatic heterocycles. The van der Waals surface area contributed by atoms with Gasteiger partial charge in [0.15, 0.2) is 0 Å². The van der Waals surface area contributed by atoms with Crippen LogP contribution in [-0.2, 0) is 56.0 Å². The van der Waals surface area contributed by atoms with Crippen LogP contribution in [0.1, 0.15) is 65.0 Å². The van der Waals surface area contributed by atoms with Crippen molar-refractivity contribution >= 4 is 65.4 Å². The molecule has 0 bridgehead atoms. The van der Waals surface area contributed by atoms with E-state index in [-0.39, 0.29) is 25.2 Å². The molecular formula is C43H62N8O10S. The Labute approximate surface area is 366 Å². The van der Waals surface area contributed by atoms with Crippen molar-refractivity contribution in [3.8, 4) is 0 Å². The highest BCUT2D eigenvalue weighted by Gasteiger charge is 2.34. The van der Waals surface area contributed by atoms with Gasteiger partial charge in [0.25, 0.3) is 0 Å². The predicted molar refractivity (Wildman–Crippen MR) is 234 cm³/mol. The van der Waals surface area contributed by atoms with Crippen LogP contribution in [0.5, 0.6) is 0 Å². The van der Waals surface area contributed by atoms with Gasteiger partial charge < -0.3 is 52.9 Å². The first-order valence-electron chi connectivity index (χ1n) is 20.4. The van der Waals surface area contributed by atoms with Crippen LogP contribution in [0.2, 0.25) is 0 Å². The van der Waals surface area contributed by atoms with E-state index in [1.54, 1.807) is 74.5 Å². The zero-order valence-electron chi connectivity index (χ0n) is 36.1. The number of carbonyl (C=O) groups is 9. The number of nitrogens with one attached hydrogen (secondary N) is 7. The molecule has 0 unspecified atom stereocenters. The summed E-state index contributed by atoms with van der Waals surface area (Å²) < 4.78 is 0. The molecule has 10 N–H and O–H groups in total. The minimum absolute atomic E-state index is 0.00181. The Morgan fingerprint density at radius 2 is 1.13 bits per heavy atom. The lowest BCUT2D eigenvalue weighted by atomic mass is 10.00. The molecule has 0 saturated carbocycles. The number of thioether (sulfide) groups is 1. The second-order valence-corrected chi connectivity index (χ2v) is 16.7. The molecule has 0 heterocycles. The van der Waals surface area contributed by atoms with Gasteiger partial charge in [-0.05, 0) is 54.7 Å². The maximum absolute atomic E-state index is 14.1. The molecule has 0 radical (unpaired) electrons. The first-order valence-corrected chi connectivity index (χ1v) is 21.8. The summed E-state index contributed by atoms with van der Waals surface area (Å²) in [6, 6.07) is 9.05. The van der Waals surface area contributed by atoms with E-state index >= 15 is 0 Å². The highest BCUT2D eigenvalue weighted by molar-refractivity contribution is 7.98. The van der Waals surface area contributed by atoms with Gasteiger partial charge in [-0.15, -0.1) is 0 Å². The predicted octanol–water partition coefficient (Wildman–Crippen LogP) is -0.0272. The van der Waals surface area contributed by atoms with Crippen molar-refractivity contribution < 1.29 is 48.3 Å². The Balaban J connectivity index is 2.32. The molecule has 340 valence electrons. The van der Waals surface area contributed by atoms with E-state index in [0.717, 1.165) is 0 Å². The lowest BCUT2D eigenvalue weighted by molar-refractivity contribution is -0.141. The Bertz CT molecular complexity index is 1820. The van der Waals surface area contributed by atoms with Gasteiger partial charge in [-0.2, -0.15) is 11.8 Å². The number of nitrogens with two attached hydrogens (primary N) is 1. The highest BCUT2D eigenvalue weighted by atomic mass is 32.2. The fraction of sp³-hybridized carbons (Fsp3) is 0.512. The van der Waals surface area contributed by atoms with E-state index in [2.05, 4.69) is 37.2 Å². The van der Waals surface area contributed by atoms with Gasteiger partial charge in [0.2, 0.25) is 41.4 Å². The third-order valence-corrected chi connectivity index (χ3v) is 10.1. The van der Waals surface area contributed by atoms with Gasteiger partial charge in [0.1, 0.15) is 36.5 Å². The molecule has 19 heteroatoms. The van der Waals surface area contributed by atoms with Gasteiger partial charge in [-0.3, -0.25) is 38.4 Å². The zero-order valence-corrected chi connectivity index (χ0v) is 36.9. The summed E-state index contributed by atoms with van der Waals surface area (Å²) in [6.07, 6.45) is 2.26. The molecular weight excluding hydrogens is 821 g/mol. The van der Waals surface area contributed by atoms with Crippen LogP contribution in [0.15, 0.2) is 60.7 Å². The minimum Gasteiger partial charge on any atom is -0.481 e. The molecule has 0 aliphatic rings. The molecule has 0 saturated heterocycles. The third kappa shape index (κ3) is 19.3. The van der Waals surface area contributed by atoms with E-state index in [1.807, 2.05) is 20.1 Å². The lowest BCUT2D eigenvalue weighted by Crippen LogP contribution is -2.60. The van der Waals surface area contributed by atoms with Crippen LogP contribution in [0, 0.1) is 11.8 Å². The number of benzene rings is 2. The number of aliphatic carboxylic acids is 1. The standard InChI is InChI=1S/C43H62N8O10S/c1-25(2)19-31(39(57)46-30(24-52)17-18-62-6)47-35(53)23-45-43(61)37(26(3)4)51-42(60)33(21-29-15-11-8-12-16-29)50-40(58)32(20-28-13-9-7-10-14-28)49-41(59)34(22-36(54)55)48-38(56)27(5)44/h7-16,24-27,30-34,37H,17-23,44H2,1-6H3,(H,45,61)(H,46,57)(H,47,53)(H,48,56)(H,49,59)(H,50,58)(H,51,60)(H,54,55)/t27-,30-,31-,32-,33-,34-,37-/m0/s1. The Morgan fingerprint density at radius 3 is 1.58 bits per heavy atom. The topological polar surface area (TPSA) is 284 Å². The number of carboxylic acids is 1. The number of carboxylic acid groups (broad SMARTS) is 1. The number of aldehydes is 1. The molecule has 2 rings (SSSR count). The van der Waals surface area contributed by atoms with Crippen LogP contribution in [-0.4, -0.2) is 120 Å². The fourth-order valence-corrected chi connectivity index (χ4v) is 6.56. The summed E-state index contributed by atoms with van der Waals surface area (Å²) in [6.45, 7) is 7.88. The monoisotopic (exact) mass is 882 g/mol. The maximum atomic E-state index is 14.1. The van der Waals surface area contributed by atoms with E-state index in [1.165, 1.54) is 18.7 Å². The number of amides is 7. The van der Waals surface area contributed by atoms with Crippen LogP contribution < -0.4 is 43.0 Å². The maximum Gasteiger partial charge on any atom is 0.305 e. The van der Waals surface area contributed by atoms with E-state index in [0.29, 0.717) is 29.6 Å². The first-order chi connectivity index (χ1) is 29.3. The lowest BCUT2D eigenvalue weighted by Gasteiger charge is -2.28. The smallest absolute Gasteiger partial charge is 0.305 e. The zero-order chi connectivity index (χ0) is 46.4. The second-order valence-electron chi connectivity index (χ2n) is 15.7. The first kappa shape index (κ1) is 52.3. The molecule has 0 aromatic heterocycles. The van der Waals surface area contributed by atoms with E-state index in [4.69, 9.17) is 5.73 Å². The van der Waals surface area contributed by atoms with Crippen molar-refractivity contribution in [2.75, 3.05) is 18.6 Å². The third-order valence-electron chi connectivity index (χ3n) is 9.41. The van der Waals surface area contributed by atoms with Crippen molar-refractivity contribution in [2.45, 2.75) is 109 Å². The summed E-state index contributed by atoms with van der Waals surface area (Å²) in [4.78, 5) is 117. The molecule has 2 aromatic carbocycles. The van der Waals surface area contributed by atoms with Crippen molar-refractivity contribution in [3.63, 3.8) is 0 Å². The van der Waals surface area contributed by atoms with Crippen LogP contribution >= 0.6 is 11.8 Å². The number of rotatable bonds is 27. The highest BCUT2D eigenvalue weighted by Crippen LogP contribution is 2.11. The summed E-state index contributed by atoms with van der Waals surface area (Å²) in [7, 11) is 0. The quantitative estimate of drug-likeness (QED) is 0.0536. The van der Waals surface area contributed by atoms with Crippen molar-refractivity contribution in [2.24, 2.45) is 17.6 Å². The summed E-state index contributed by atoms with van der Waals surface area (Å²) in [5.74, 6) is -6.55. The molecule has 7 amide bonds. The van der Waals surface area contributed by atoms with Crippen LogP contribution in [0.25, 0.3) is 0 Å². The van der Waals surface area contributed by atoms with Crippen LogP contribution in [0.4, 0.5) is 0 Å². The minimum atomic E-state index is -1.59. The Hall–Kier alpha value is -5.82. The van der Waals surface area contributed by atoms with Crippen molar-refractivity contribution in [1.29, 1.82) is 0 Å². The summed E-state index contributed by atoms with van der Waals surface area (Å²) in [5.41, 5.74) is 6.88. The molecule has 18 nitrogen and oxygen atoms in total. The summed E-state index contributed by atoms with van der Waals surface area (Å²) >= 11 is 1.52. The average molecular weight is 883 g/mol. The van der Waals surface area contributed by atoms with Gasteiger partial charge in [-0.25, -0.2) is 0 Å². The van der Waals surface area contributed by atoms with Crippen LogP contribution in [0.3, 0.4) is 0 Å². The SMILES string of the molecule is CSCC[C@@H](C=O)NC(=O)[C@H](CC(C)C)NC(=O)CNC(=O)[C@@H](NC(=O)[C@H](Cc1ccccc1)NC(=O)[C@H](Cc1ccccc1)NC(=O)[C@H](CC(=O)O)NC(=O)[C@H](C)N)C(C)C. The normalized spacial score (nSPS) is 14.4. The summed E-state index contributed by atoms with van der Waals surface area (Å²) in [5, 5.41) is 27.5. The Kier molecular flexibility index (Phi) is 22.9. The number of hydrogen-bond donors (Lipinski definition) is 9. The molecule has 0 aliphatic carbocycles. The molecule has 2 aromatic rings. The van der Waals surface area contributed by atoms with Crippen molar-refractivity contribution in [1.82, 2.24) is 37.2 Å². The molecule has 62 heavy (non-hydrogen) atoms. The molecule has 7 atom stereocenters. The van der Waals surface area contributed by atoms with E-state index < -0.39 is 108 Å². The molecule has 0 fully saturated rings. The van der Waals surface area contributed by atoms with Crippen molar-refractivity contribution in [3.05, 3.63) is 71.8 Å².